The van der Waals surface area contributed by atoms with Gasteiger partial charge in [-0.15, -0.1) is 0 Å². The highest BCUT2D eigenvalue weighted by atomic mass is 127. The summed E-state index contributed by atoms with van der Waals surface area (Å²) < 4.78 is 44.8. The van der Waals surface area contributed by atoms with Gasteiger partial charge < -0.3 is 19.1 Å². The predicted octanol–water partition coefficient (Wildman–Crippen LogP) is 3.58. The van der Waals surface area contributed by atoms with Gasteiger partial charge in [-0.25, -0.2) is 4.58 Å². The maximum Gasteiger partial charge on any atom is 0.295 e. The third kappa shape index (κ3) is 6.20. The number of piperazine rings is 2. The average Bonchev–Trinajstić information content (AvgIpc) is 3.05. The molecule has 1 N–H and O–H groups in total. The molecule has 2 aromatic carbocycles. The van der Waals surface area contributed by atoms with Crippen LogP contribution in [-0.4, -0.2) is 95.8 Å². The van der Waals surface area contributed by atoms with Crippen molar-refractivity contribution < 1.29 is 27.0 Å². The van der Waals surface area contributed by atoms with E-state index in [0.717, 1.165) is 22.0 Å². The van der Waals surface area contributed by atoms with Crippen LogP contribution in [0.15, 0.2) is 70.0 Å². The molecule has 44 heavy (non-hydrogen) atoms. The molecule has 6 rings (SSSR count). The topological polar surface area (TPSA) is 114 Å². The first kappa shape index (κ1) is 31.2. The number of rotatable bonds is 5. The summed E-state index contributed by atoms with van der Waals surface area (Å²) >= 11 is 4.19. The molecule has 2 saturated heterocycles. The third-order valence-corrected chi connectivity index (χ3v) is 10.6. The fourth-order valence-corrected chi connectivity index (χ4v) is 7.71. The van der Waals surface area contributed by atoms with Gasteiger partial charge in [0.1, 0.15) is 16.2 Å². The summed E-state index contributed by atoms with van der Waals surface area (Å²) in [6.45, 7) is 5.32. The van der Waals surface area contributed by atoms with Gasteiger partial charge in [-0.2, -0.15) is 8.42 Å². The summed E-state index contributed by atoms with van der Waals surface area (Å²) in [6, 6.07) is 18.2. The lowest BCUT2D eigenvalue weighted by Crippen LogP contribution is -2.50. The van der Waals surface area contributed by atoms with Crippen LogP contribution in [-0.2, 0) is 19.7 Å². The van der Waals surface area contributed by atoms with Crippen LogP contribution in [0.5, 0.6) is 0 Å². The number of halogens is 2. The van der Waals surface area contributed by atoms with Crippen LogP contribution in [0, 0.1) is 0 Å². The maximum atomic E-state index is 12.5. The Bertz CT molecular complexity index is 1890. The first-order chi connectivity index (χ1) is 21.2. The van der Waals surface area contributed by atoms with E-state index >= 15 is 0 Å². The molecule has 2 amide bonds. The van der Waals surface area contributed by atoms with Crippen molar-refractivity contribution in [1.82, 2.24) is 14.4 Å². The van der Waals surface area contributed by atoms with Crippen LogP contribution < -0.4 is 14.8 Å². The number of benzene rings is 3. The van der Waals surface area contributed by atoms with Gasteiger partial charge in [0.2, 0.25) is 17.2 Å². The van der Waals surface area contributed by atoms with E-state index < -0.39 is 10.1 Å². The van der Waals surface area contributed by atoms with E-state index in [0.29, 0.717) is 83.7 Å². The summed E-state index contributed by atoms with van der Waals surface area (Å²) in [5, 5.41) is 1.66. The molecule has 10 nitrogen and oxygen atoms in total. The standard InChI is InChI=1S/C31H30I2N4O6S/c32-19-29(38)36-13-9-34(10-14-36)21-5-7-23-26(17-21)43-27-18-22(35-11-15-37(16-12-35)30(39)20-33)6-8-24(27)31(23)25-3-1-2-4-28(25)44(40,41)42/h1-8,17-18H,9-16,19-20H2/p+1. The quantitative estimate of drug-likeness (QED) is 0.108. The molecule has 2 aromatic rings. The van der Waals surface area contributed by atoms with Crippen LogP contribution in [0.2, 0.25) is 0 Å². The molecule has 0 saturated carbocycles. The number of alkyl halides is 2. The molecule has 0 radical (unpaired) electrons. The van der Waals surface area contributed by atoms with E-state index in [9.17, 15) is 22.6 Å². The van der Waals surface area contributed by atoms with Crippen LogP contribution in [0.1, 0.15) is 0 Å². The van der Waals surface area contributed by atoms with Crippen molar-refractivity contribution in [2.45, 2.75) is 4.90 Å². The monoisotopic (exact) mass is 841 g/mol. The van der Waals surface area contributed by atoms with Crippen molar-refractivity contribution in [2.24, 2.45) is 0 Å². The summed E-state index contributed by atoms with van der Waals surface area (Å²) in [5.74, 6) is 0.859. The van der Waals surface area contributed by atoms with E-state index in [1.807, 2.05) is 46.2 Å². The number of carbonyl (C=O) groups is 2. The lowest BCUT2D eigenvalue weighted by molar-refractivity contribution is -0.129. The molecule has 0 unspecified atom stereocenters. The van der Waals surface area contributed by atoms with Gasteiger partial charge in [0.05, 0.1) is 28.0 Å². The highest BCUT2D eigenvalue weighted by Gasteiger charge is 2.27. The van der Waals surface area contributed by atoms with Gasteiger partial charge in [-0.1, -0.05) is 63.4 Å². The number of amides is 2. The van der Waals surface area contributed by atoms with E-state index in [2.05, 4.69) is 54.7 Å². The summed E-state index contributed by atoms with van der Waals surface area (Å²) in [6.07, 6.45) is 0. The highest BCUT2D eigenvalue weighted by molar-refractivity contribution is 14.1. The van der Waals surface area contributed by atoms with Gasteiger partial charge in [0.15, 0.2) is 13.1 Å². The number of hydrogen-bond donors (Lipinski definition) is 1. The van der Waals surface area contributed by atoms with Crippen LogP contribution in [0.25, 0.3) is 33.4 Å². The van der Waals surface area contributed by atoms with Crippen molar-refractivity contribution >= 4 is 83.8 Å². The molecule has 3 heterocycles. The second-order valence-electron chi connectivity index (χ2n) is 10.8. The molecule has 13 heteroatoms. The largest absolute Gasteiger partial charge is 0.456 e. The molecular weight excluding hydrogens is 810 g/mol. The molecule has 4 aliphatic rings. The molecule has 230 valence electrons. The fourth-order valence-electron chi connectivity index (χ4n) is 6.05. The van der Waals surface area contributed by atoms with Gasteiger partial charge in [-0.05, 0) is 24.3 Å². The van der Waals surface area contributed by atoms with Gasteiger partial charge in [0, 0.05) is 66.1 Å². The summed E-state index contributed by atoms with van der Waals surface area (Å²) in [7, 11) is -4.51. The number of nitrogens with zero attached hydrogens (tertiary/aromatic N) is 4. The smallest absolute Gasteiger partial charge is 0.295 e. The number of hydrogen-bond acceptors (Lipinski definition) is 6. The molecule has 1 aliphatic carbocycles. The number of anilines is 1. The van der Waals surface area contributed by atoms with Gasteiger partial charge >= 0.3 is 0 Å². The van der Waals surface area contributed by atoms with Gasteiger partial charge in [-0.3, -0.25) is 14.1 Å². The van der Waals surface area contributed by atoms with Crippen molar-refractivity contribution in [3.05, 3.63) is 66.0 Å². The first-order valence-electron chi connectivity index (χ1n) is 14.3. The lowest BCUT2D eigenvalue weighted by Gasteiger charge is -2.36. The van der Waals surface area contributed by atoms with Gasteiger partial charge in [0.25, 0.3) is 10.1 Å². The average molecular weight is 841 g/mol. The highest BCUT2D eigenvalue weighted by Crippen LogP contribution is 2.43. The molecule has 0 aromatic heterocycles. The Hall–Kier alpha value is -2.76. The molecule has 0 bridgehead atoms. The zero-order valence-corrected chi connectivity index (χ0v) is 28.9. The number of fused-ring (bicyclic) bond motifs is 2. The Morgan fingerprint density at radius 3 is 2.14 bits per heavy atom. The SMILES string of the molecule is O=C(CI)N1CCN(c2ccc3c(-c4ccccc4S(=O)(=O)O)c4ccc(=[N+]5CCN(C(=O)CI)CC5)cc-4oc3c2)CC1. The minimum atomic E-state index is -4.51. The third-order valence-electron chi connectivity index (χ3n) is 8.35. The molecular formula is C31H31I2N4O6S+. The Morgan fingerprint density at radius 2 is 1.48 bits per heavy atom. The minimum Gasteiger partial charge on any atom is -0.456 e. The molecule has 0 atom stereocenters. The van der Waals surface area contributed by atoms with E-state index in [1.165, 1.54) is 6.07 Å². The van der Waals surface area contributed by atoms with Crippen LogP contribution >= 0.6 is 45.2 Å². The Kier molecular flexibility index (Phi) is 9.17. The normalized spacial score (nSPS) is 16.2. The summed E-state index contributed by atoms with van der Waals surface area (Å²) in [5.41, 5.74) is 3.29. The lowest BCUT2D eigenvalue weighted by atomic mass is 9.93. The predicted molar refractivity (Wildman–Crippen MR) is 186 cm³/mol. The fraction of sp³-hybridized carbons (Fsp3) is 0.323. The van der Waals surface area contributed by atoms with Crippen molar-refractivity contribution in [1.29, 1.82) is 0 Å². The Balaban J connectivity index is 1.49. The maximum absolute atomic E-state index is 12.5. The Labute approximate surface area is 282 Å². The Morgan fingerprint density at radius 1 is 0.818 bits per heavy atom. The second-order valence-corrected chi connectivity index (χ2v) is 13.7. The second kappa shape index (κ2) is 12.9. The minimum absolute atomic E-state index is 0.140. The van der Waals surface area contributed by atoms with Crippen molar-refractivity contribution in [3.8, 4) is 22.5 Å². The molecule has 3 aliphatic heterocycles. The van der Waals surface area contributed by atoms with Crippen LogP contribution in [0.3, 0.4) is 0 Å². The van der Waals surface area contributed by atoms with Crippen molar-refractivity contribution in [2.75, 3.05) is 66.1 Å². The molecule has 0 spiro atoms. The number of carbonyl (C=O) groups excluding carboxylic acids is 2. The summed E-state index contributed by atoms with van der Waals surface area (Å²) in [4.78, 5) is 30.2. The zero-order chi connectivity index (χ0) is 31.0. The molecule has 2 fully saturated rings. The van der Waals surface area contributed by atoms with Crippen LogP contribution in [0.4, 0.5) is 5.69 Å². The van der Waals surface area contributed by atoms with E-state index in [4.69, 9.17) is 4.42 Å². The van der Waals surface area contributed by atoms with E-state index in [1.54, 1.807) is 18.2 Å². The first-order valence-corrected chi connectivity index (χ1v) is 18.7. The zero-order valence-electron chi connectivity index (χ0n) is 23.8. The van der Waals surface area contributed by atoms with E-state index in [-0.39, 0.29) is 16.7 Å². The van der Waals surface area contributed by atoms with Crippen molar-refractivity contribution in [3.63, 3.8) is 0 Å².